The van der Waals surface area contributed by atoms with E-state index in [0.717, 1.165) is 27.2 Å². The summed E-state index contributed by atoms with van der Waals surface area (Å²) in [5, 5.41) is 0. The van der Waals surface area contributed by atoms with Crippen LogP contribution in [0.3, 0.4) is 0 Å². The summed E-state index contributed by atoms with van der Waals surface area (Å²) in [7, 11) is 0. The van der Waals surface area contributed by atoms with Crippen molar-refractivity contribution in [2.24, 2.45) is 0 Å². The molecule has 1 amide bonds. The molecule has 0 atom stereocenters. The number of nitrogens with two attached hydrogens (primary N) is 1. The maximum absolute atomic E-state index is 13.3. The first-order valence-electron chi connectivity index (χ1n) is 9.82. The number of amides is 1. The number of nitrogens with zero attached hydrogens (tertiary/aromatic N) is 2. The summed E-state index contributed by atoms with van der Waals surface area (Å²) < 4.78 is 32.3. The molecule has 9 nitrogen and oxygen atoms in total. The Morgan fingerprint density at radius 1 is 1.09 bits per heavy atom. The van der Waals surface area contributed by atoms with Gasteiger partial charge in [-0.3, -0.25) is 19.1 Å². The number of hydrogen-bond donors (Lipinski definition) is 2. The number of nitrogens with one attached hydrogen (secondary N) is 1. The molecule has 0 radical (unpaired) electrons. The first-order valence-corrected chi connectivity index (χ1v) is 9.82. The molecule has 0 aliphatic heterocycles. The van der Waals surface area contributed by atoms with E-state index >= 15 is 0 Å². The van der Waals surface area contributed by atoms with Gasteiger partial charge in [0.05, 0.1) is 12.1 Å². The fourth-order valence-corrected chi connectivity index (χ4v) is 3.13. The number of carbonyl (C=O) groups is 2. The highest BCUT2D eigenvalue weighted by Crippen LogP contribution is 2.18. The lowest BCUT2D eigenvalue weighted by Gasteiger charge is -2.23. The van der Waals surface area contributed by atoms with Crippen LogP contribution in [-0.2, 0) is 16.1 Å². The molecule has 0 spiro atoms. The van der Waals surface area contributed by atoms with E-state index in [4.69, 9.17) is 10.5 Å². The summed E-state index contributed by atoms with van der Waals surface area (Å²) in [4.78, 5) is 52.7. The zero-order valence-electron chi connectivity index (χ0n) is 17.5. The smallest absolute Gasteiger partial charge is 0.338 e. The fourth-order valence-electron chi connectivity index (χ4n) is 3.13. The highest BCUT2D eigenvalue weighted by atomic mass is 19.2. The van der Waals surface area contributed by atoms with Crippen molar-refractivity contribution < 1.29 is 23.1 Å². The predicted octanol–water partition coefficient (Wildman–Crippen LogP) is 1.66. The largest absolute Gasteiger partial charge is 0.452 e. The van der Waals surface area contributed by atoms with Crippen molar-refractivity contribution in [3.63, 3.8) is 0 Å². The molecule has 33 heavy (non-hydrogen) atoms. The van der Waals surface area contributed by atoms with E-state index in [-0.39, 0.29) is 30.2 Å². The molecule has 0 saturated carbocycles. The van der Waals surface area contributed by atoms with Crippen molar-refractivity contribution in [3.05, 3.63) is 92.1 Å². The quantitative estimate of drug-likeness (QED) is 0.519. The molecule has 0 aliphatic carbocycles. The Morgan fingerprint density at radius 2 is 1.79 bits per heavy atom. The second-order valence-electron chi connectivity index (χ2n) is 6.91. The number of nitrogen functional groups attached to an aromatic ring is 1. The van der Waals surface area contributed by atoms with E-state index in [2.05, 4.69) is 4.98 Å². The van der Waals surface area contributed by atoms with Gasteiger partial charge in [0.1, 0.15) is 5.82 Å². The summed E-state index contributed by atoms with van der Waals surface area (Å²) in [5.74, 6) is -4.49. The summed E-state index contributed by atoms with van der Waals surface area (Å²) in [6.45, 7) is 0.771. The lowest BCUT2D eigenvalue weighted by atomic mass is 10.2. The molecule has 0 bridgehead atoms. The van der Waals surface area contributed by atoms with E-state index in [1.165, 1.54) is 0 Å². The topological polar surface area (TPSA) is 127 Å². The number of esters is 1. The third-order valence-corrected chi connectivity index (χ3v) is 4.77. The maximum Gasteiger partial charge on any atom is 0.338 e. The number of anilines is 2. The van der Waals surface area contributed by atoms with Crippen molar-refractivity contribution in [3.8, 4) is 0 Å². The lowest BCUT2D eigenvalue weighted by molar-refractivity contribution is -0.121. The Hall–Kier alpha value is -4.28. The minimum absolute atomic E-state index is 0.0294. The van der Waals surface area contributed by atoms with Crippen LogP contribution in [-0.4, -0.2) is 34.6 Å². The first kappa shape index (κ1) is 23.4. The summed E-state index contributed by atoms with van der Waals surface area (Å²) >= 11 is 0. The Balaban J connectivity index is 1.84. The van der Waals surface area contributed by atoms with Crippen LogP contribution >= 0.6 is 0 Å². The Kier molecular flexibility index (Phi) is 7.01. The zero-order valence-corrected chi connectivity index (χ0v) is 17.5. The van der Waals surface area contributed by atoms with Gasteiger partial charge in [-0.2, -0.15) is 0 Å². The number of H-pyrrole nitrogens is 1. The van der Waals surface area contributed by atoms with Gasteiger partial charge >= 0.3 is 11.7 Å². The van der Waals surface area contributed by atoms with Crippen molar-refractivity contribution in [2.45, 2.75) is 13.5 Å². The Labute approximate surface area is 186 Å². The van der Waals surface area contributed by atoms with Gasteiger partial charge in [0.25, 0.3) is 11.5 Å². The Morgan fingerprint density at radius 3 is 2.42 bits per heavy atom. The van der Waals surface area contributed by atoms with Crippen LogP contribution in [0.4, 0.5) is 20.3 Å². The molecule has 2 aromatic carbocycles. The van der Waals surface area contributed by atoms with Gasteiger partial charge in [-0.1, -0.05) is 30.3 Å². The summed E-state index contributed by atoms with van der Waals surface area (Å²) in [6.07, 6.45) is 0. The molecule has 172 valence electrons. The maximum atomic E-state index is 13.3. The van der Waals surface area contributed by atoms with Crippen LogP contribution in [0.15, 0.2) is 58.1 Å². The van der Waals surface area contributed by atoms with Gasteiger partial charge in [0.2, 0.25) is 0 Å². The minimum Gasteiger partial charge on any atom is -0.452 e. The van der Waals surface area contributed by atoms with Gasteiger partial charge in [-0.25, -0.2) is 18.4 Å². The molecule has 0 unspecified atom stereocenters. The number of rotatable bonds is 7. The van der Waals surface area contributed by atoms with Crippen molar-refractivity contribution >= 4 is 23.4 Å². The number of hydrogen-bond acceptors (Lipinski definition) is 6. The van der Waals surface area contributed by atoms with E-state index in [1.54, 1.807) is 37.3 Å². The zero-order chi connectivity index (χ0) is 24.1. The van der Waals surface area contributed by atoms with Crippen LogP contribution in [0.25, 0.3) is 0 Å². The molecule has 3 aromatic rings. The van der Waals surface area contributed by atoms with Crippen LogP contribution in [0, 0.1) is 11.6 Å². The van der Waals surface area contributed by atoms with Gasteiger partial charge in [0, 0.05) is 6.54 Å². The highest BCUT2D eigenvalue weighted by molar-refractivity contribution is 5.98. The number of halogens is 2. The van der Waals surface area contributed by atoms with Gasteiger partial charge < -0.3 is 15.4 Å². The van der Waals surface area contributed by atoms with Gasteiger partial charge in [-0.15, -0.1) is 0 Å². The third kappa shape index (κ3) is 5.14. The number of aromatic nitrogens is 2. The second kappa shape index (κ2) is 9.90. The van der Waals surface area contributed by atoms with E-state index in [0.29, 0.717) is 6.07 Å². The monoisotopic (exact) mass is 458 g/mol. The molecular weight excluding hydrogens is 438 g/mol. The number of benzene rings is 2. The van der Waals surface area contributed by atoms with Crippen molar-refractivity contribution in [1.29, 1.82) is 0 Å². The molecule has 0 saturated heterocycles. The Bertz CT molecular complexity index is 1300. The molecule has 0 aliphatic rings. The standard InChI is InChI=1S/C22H20F2N4O5/c1-2-27(17(29)12-33-21(31)14-8-9-15(23)16(24)10-14)18-19(25)28(22(32)26-20(18)30)11-13-6-4-3-5-7-13/h3-10H,2,11-12,25H2,1H3,(H,26,30,32). The molecule has 3 rings (SSSR count). The van der Waals surface area contributed by atoms with Crippen molar-refractivity contribution in [1.82, 2.24) is 9.55 Å². The van der Waals surface area contributed by atoms with Crippen molar-refractivity contribution in [2.75, 3.05) is 23.8 Å². The number of ether oxygens (including phenoxy) is 1. The molecule has 3 N–H and O–H groups in total. The second-order valence-corrected chi connectivity index (χ2v) is 6.91. The summed E-state index contributed by atoms with van der Waals surface area (Å²) in [5.41, 5.74) is 4.62. The fraction of sp³-hybridized carbons (Fsp3) is 0.182. The van der Waals surface area contributed by atoms with E-state index < -0.39 is 41.4 Å². The molecule has 0 fully saturated rings. The summed E-state index contributed by atoms with van der Waals surface area (Å²) in [6, 6.07) is 11.3. The molecule has 11 heteroatoms. The number of likely N-dealkylation sites (N-methyl/N-ethyl adjacent to an activating group) is 1. The average molecular weight is 458 g/mol. The lowest BCUT2D eigenvalue weighted by Crippen LogP contribution is -2.42. The third-order valence-electron chi connectivity index (χ3n) is 4.77. The van der Waals surface area contributed by atoms with Crippen LogP contribution in [0.1, 0.15) is 22.8 Å². The van der Waals surface area contributed by atoms with Gasteiger partial charge in [-0.05, 0) is 30.7 Å². The van der Waals surface area contributed by atoms with Gasteiger partial charge in [0.15, 0.2) is 23.9 Å². The predicted molar refractivity (Wildman–Crippen MR) is 116 cm³/mol. The van der Waals surface area contributed by atoms with Crippen LogP contribution < -0.4 is 21.9 Å². The molecular formula is C22H20F2N4O5. The van der Waals surface area contributed by atoms with E-state index in [1.807, 2.05) is 0 Å². The SMILES string of the molecule is CCN(C(=O)COC(=O)c1ccc(F)c(F)c1)c1c(N)n(Cc2ccccc2)c(=O)[nH]c1=O. The molecule has 1 heterocycles. The number of aromatic amines is 1. The first-order chi connectivity index (χ1) is 15.7. The normalized spacial score (nSPS) is 10.6. The van der Waals surface area contributed by atoms with Crippen LogP contribution in [0.2, 0.25) is 0 Å². The average Bonchev–Trinajstić information content (AvgIpc) is 2.80. The molecule has 1 aromatic heterocycles. The van der Waals surface area contributed by atoms with Crippen LogP contribution in [0.5, 0.6) is 0 Å². The van der Waals surface area contributed by atoms with E-state index in [9.17, 15) is 28.0 Å². The minimum atomic E-state index is -1.24. The number of carbonyl (C=O) groups excluding carboxylic acids is 2. The highest BCUT2D eigenvalue weighted by Gasteiger charge is 2.24.